The van der Waals surface area contributed by atoms with Gasteiger partial charge in [0.25, 0.3) is 0 Å². The Labute approximate surface area is 102 Å². The van der Waals surface area contributed by atoms with Gasteiger partial charge in [-0.15, -0.1) is 0 Å². The first-order valence-corrected chi connectivity index (χ1v) is 5.67. The van der Waals surface area contributed by atoms with Gasteiger partial charge in [-0.3, -0.25) is 0 Å². The Morgan fingerprint density at radius 2 is 2.06 bits per heavy atom. The predicted molar refractivity (Wildman–Crippen MR) is 67.6 cm³/mol. The highest BCUT2D eigenvalue weighted by Gasteiger charge is 2.13. The summed E-state index contributed by atoms with van der Waals surface area (Å²) in [5.74, 6) is 0.762. The molecule has 4 nitrogen and oxygen atoms in total. The molecule has 2 N–H and O–H groups in total. The van der Waals surface area contributed by atoms with E-state index in [1.807, 2.05) is 13.8 Å². The zero-order chi connectivity index (χ0) is 12.8. The maximum absolute atomic E-state index is 9.04. The van der Waals surface area contributed by atoms with Crippen molar-refractivity contribution in [3.8, 4) is 5.75 Å². The van der Waals surface area contributed by atoms with Gasteiger partial charge in [-0.2, -0.15) is 0 Å². The first kappa shape index (κ1) is 14.0. The summed E-state index contributed by atoms with van der Waals surface area (Å²) >= 11 is 0. The predicted octanol–water partition coefficient (Wildman–Crippen LogP) is 0.479. The van der Waals surface area contributed by atoms with Crippen molar-refractivity contribution >= 4 is 12.6 Å². The maximum atomic E-state index is 9.04. The molecular formula is C12H19BO4. The van der Waals surface area contributed by atoms with Gasteiger partial charge >= 0.3 is 7.12 Å². The number of hydrogen-bond donors (Lipinski definition) is 2. The van der Waals surface area contributed by atoms with E-state index in [0.29, 0.717) is 12.1 Å². The van der Waals surface area contributed by atoms with Crippen molar-refractivity contribution in [3.63, 3.8) is 0 Å². The van der Waals surface area contributed by atoms with E-state index >= 15 is 0 Å². The van der Waals surface area contributed by atoms with Gasteiger partial charge in [0.1, 0.15) is 5.75 Å². The molecule has 0 saturated carbocycles. The summed E-state index contributed by atoms with van der Waals surface area (Å²) in [5.41, 5.74) is 1.36. The molecule has 1 aromatic carbocycles. The summed E-state index contributed by atoms with van der Waals surface area (Å²) in [6.45, 7) is 4.52. The van der Waals surface area contributed by atoms with Gasteiger partial charge < -0.3 is 19.5 Å². The third kappa shape index (κ3) is 4.38. The normalized spacial score (nSPS) is 12.3. The van der Waals surface area contributed by atoms with Crippen molar-refractivity contribution in [2.24, 2.45) is 0 Å². The highest BCUT2D eigenvalue weighted by atomic mass is 16.5. The van der Waals surface area contributed by atoms with Crippen LogP contribution in [0.4, 0.5) is 0 Å². The van der Waals surface area contributed by atoms with Gasteiger partial charge in [-0.1, -0.05) is 12.1 Å². The molecule has 1 rings (SSSR count). The van der Waals surface area contributed by atoms with E-state index in [-0.39, 0.29) is 6.10 Å². The van der Waals surface area contributed by atoms with Crippen molar-refractivity contribution in [1.29, 1.82) is 0 Å². The highest BCUT2D eigenvalue weighted by Crippen LogP contribution is 2.18. The van der Waals surface area contributed by atoms with E-state index in [4.69, 9.17) is 19.5 Å². The molecular weight excluding hydrogens is 219 g/mol. The van der Waals surface area contributed by atoms with Gasteiger partial charge in [-0.25, -0.2) is 0 Å². The smallest absolute Gasteiger partial charge is 0.488 e. The Kier molecular flexibility index (Phi) is 5.48. The lowest BCUT2D eigenvalue weighted by atomic mass is 9.79. The molecule has 0 aliphatic heterocycles. The number of aryl methyl sites for hydroxylation is 1. The Morgan fingerprint density at radius 1 is 1.35 bits per heavy atom. The van der Waals surface area contributed by atoms with E-state index in [1.54, 1.807) is 25.3 Å². The summed E-state index contributed by atoms with van der Waals surface area (Å²) in [7, 11) is 0.226. The largest absolute Gasteiger partial charge is 0.490 e. The van der Waals surface area contributed by atoms with Crippen LogP contribution in [-0.2, 0) is 4.74 Å². The second kappa shape index (κ2) is 6.64. The van der Waals surface area contributed by atoms with Crippen molar-refractivity contribution in [3.05, 3.63) is 23.8 Å². The minimum atomic E-state index is -1.44. The Hall–Kier alpha value is -1.04. The van der Waals surface area contributed by atoms with Crippen LogP contribution in [0.15, 0.2) is 18.2 Å². The Balaban J connectivity index is 2.65. The van der Waals surface area contributed by atoms with E-state index in [9.17, 15) is 0 Å². The number of ether oxygens (including phenoxy) is 2. The lowest BCUT2D eigenvalue weighted by Gasteiger charge is -2.16. The lowest BCUT2D eigenvalue weighted by molar-refractivity contribution is 0.135. The fourth-order valence-electron chi connectivity index (χ4n) is 1.52. The summed E-state index contributed by atoms with van der Waals surface area (Å²) < 4.78 is 10.7. The molecule has 0 aromatic heterocycles. The second-order valence-electron chi connectivity index (χ2n) is 4.11. The van der Waals surface area contributed by atoms with Crippen molar-refractivity contribution < 1.29 is 19.5 Å². The van der Waals surface area contributed by atoms with Crippen LogP contribution >= 0.6 is 0 Å². The summed E-state index contributed by atoms with van der Waals surface area (Å²) in [6.07, 6.45) is 0.888. The number of hydrogen-bond acceptors (Lipinski definition) is 4. The van der Waals surface area contributed by atoms with Crippen molar-refractivity contribution in [2.75, 3.05) is 13.7 Å². The molecule has 0 bridgehead atoms. The topological polar surface area (TPSA) is 58.9 Å². The monoisotopic (exact) mass is 238 g/mol. The molecule has 5 heteroatoms. The van der Waals surface area contributed by atoms with Crippen molar-refractivity contribution in [1.82, 2.24) is 0 Å². The number of rotatable bonds is 6. The molecule has 0 heterocycles. The molecule has 0 amide bonds. The Bertz CT molecular complexity index is 354. The van der Waals surface area contributed by atoms with Gasteiger partial charge in [0.05, 0.1) is 6.10 Å². The van der Waals surface area contributed by atoms with Crippen LogP contribution in [0.25, 0.3) is 0 Å². The minimum absolute atomic E-state index is 0.0681. The van der Waals surface area contributed by atoms with Crippen molar-refractivity contribution in [2.45, 2.75) is 26.4 Å². The van der Waals surface area contributed by atoms with E-state index in [1.165, 1.54) is 0 Å². The van der Waals surface area contributed by atoms with Crippen LogP contribution in [0, 0.1) is 6.92 Å². The zero-order valence-corrected chi connectivity index (χ0v) is 10.5. The number of methoxy groups -OCH3 is 1. The van der Waals surface area contributed by atoms with Crippen LogP contribution in [0.2, 0.25) is 0 Å². The van der Waals surface area contributed by atoms with Crippen LogP contribution in [-0.4, -0.2) is 37.0 Å². The lowest BCUT2D eigenvalue weighted by Crippen LogP contribution is -2.30. The molecule has 94 valence electrons. The SMILES string of the molecule is COCCC(C)Oc1ccc(B(O)O)cc1C. The molecule has 0 aliphatic rings. The van der Waals surface area contributed by atoms with Crippen LogP contribution < -0.4 is 10.2 Å². The van der Waals surface area contributed by atoms with E-state index in [0.717, 1.165) is 17.7 Å². The molecule has 0 saturated heterocycles. The van der Waals surface area contributed by atoms with Gasteiger partial charge in [0.2, 0.25) is 0 Å². The fourth-order valence-corrected chi connectivity index (χ4v) is 1.52. The van der Waals surface area contributed by atoms with Crippen LogP contribution in [0.1, 0.15) is 18.9 Å². The number of benzene rings is 1. The van der Waals surface area contributed by atoms with Crippen LogP contribution in [0.5, 0.6) is 5.75 Å². The maximum Gasteiger partial charge on any atom is 0.488 e. The molecule has 0 spiro atoms. The molecule has 0 aliphatic carbocycles. The quantitative estimate of drug-likeness (QED) is 0.707. The standard InChI is InChI=1S/C12H19BO4/c1-9-8-11(13(14)15)4-5-12(9)17-10(2)6-7-16-3/h4-5,8,10,14-15H,6-7H2,1-3H3. The molecule has 1 atom stereocenters. The molecule has 1 aromatic rings. The first-order chi connectivity index (χ1) is 8.04. The van der Waals surface area contributed by atoms with E-state index in [2.05, 4.69) is 0 Å². The van der Waals surface area contributed by atoms with E-state index < -0.39 is 7.12 Å². The highest BCUT2D eigenvalue weighted by molar-refractivity contribution is 6.58. The average molecular weight is 238 g/mol. The minimum Gasteiger partial charge on any atom is -0.490 e. The van der Waals surface area contributed by atoms with Gasteiger partial charge in [0.15, 0.2) is 0 Å². The van der Waals surface area contributed by atoms with Crippen LogP contribution in [0.3, 0.4) is 0 Å². The second-order valence-corrected chi connectivity index (χ2v) is 4.11. The fraction of sp³-hybridized carbons (Fsp3) is 0.500. The molecule has 0 fully saturated rings. The summed E-state index contributed by atoms with van der Waals surface area (Å²) in [5, 5.41) is 18.1. The van der Waals surface area contributed by atoms with Gasteiger partial charge in [0, 0.05) is 20.1 Å². The molecule has 1 unspecified atom stereocenters. The third-order valence-electron chi connectivity index (χ3n) is 2.55. The Morgan fingerprint density at radius 3 is 2.59 bits per heavy atom. The summed E-state index contributed by atoms with van der Waals surface area (Å²) in [4.78, 5) is 0. The summed E-state index contributed by atoms with van der Waals surface area (Å²) in [6, 6.07) is 5.12. The zero-order valence-electron chi connectivity index (χ0n) is 10.5. The van der Waals surface area contributed by atoms with Gasteiger partial charge in [-0.05, 0) is 30.9 Å². The first-order valence-electron chi connectivity index (χ1n) is 5.67. The third-order valence-corrected chi connectivity index (χ3v) is 2.55. The molecule has 17 heavy (non-hydrogen) atoms. The molecule has 0 radical (unpaired) electrons. The average Bonchev–Trinajstić information content (AvgIpc) is 2.28.